The highest BCUT2D eigenvalue weighted by atomic mass is 16.6. The monoisotopic (exact) mass is 527 g/mol. The van der Waals surface area contributed by atoms with Gasteiger partial charge in [0, 0.05) is 18.1 Å². The lowest BCUT2D eigenvalue weighted by atomic mass is 10.0. The number of benzene rings is 3. The van der Waals surface area contributed by atoms with Crippen LogP contribution in [0.1, 0.15) is 51.1 Å². The largest absolute Gasteiger partial charge is 0.493 e. The Bertz CT molecular complexity index is 1370. The number of hydrogen-bond acceptors (Lipinski definition) is 6. The quantitative estimate of drug-likeness (QED) is 0.177. The molecular formula is C33H37NO5. The summed E-state index contributed by atoms with van der Waals surface area (Å²) in [5.74, 6) is 2.28. The van der Waals surface area contributed by atoms with Gasteiger partial charge in [-0.05, 0) is 69.0 Å². The van der Waals surface area contributed by atoms with Gasteiger partial charge in [0.25, 0.3) is 0 Å². The maximum atomic E-state index is 12.4. The van der Waals surface area contributed by atoms with Crippen molar-refractivity contribution in [3.8, 4) is 34.1 Å². The second-order valence-electron chi connectivity index (χ2n) is 9.92. The maximum Gasteiger partial charge on any atom is 0.349 e. The minimum Gasteiger partial charge on any atom is -0.493 e. The summed E-state index contributed by atoms with van der Waals surface area (Å²) in [6.45, 7) is 9.98. The molecule has 1 heterocycles. The lowest BCUT2D eigenvalue weighted by molar-refractivity contribution is -0.158. The van der Waals surface area contributed by atoms with E-state index in [1.807, 2.05) is 55.5 Å². The number of aryl methyl sites for hydroxylation is 2. The van der Waals surface area contributed by atoms with Crippen LogP contribution < -0.4 is 9.47 Å². The van der Waals surface area contributed by atoms with Crippen LogP contribution in [0.4, 0.5) is 0 Å². The first-order valence-corrected chi connectivity index (χ1v) is 13.5. The van der Waals surface area contributed by atoms with Crippen LogP contribution in [0.25, 0.3) is 22.6 Å². The third-order valence-corrected chi connectivity index (χ3v) is 6.43. The summed E-state index contributed by atoms with van der Waals surface area (Å²) in [5.41, 5.74) is 4.03. The van der Waals surface area contributed by atoms with E-state index < -0.39 is 11.6 Å². The van der Waals surface area contributed by atoms with Crippen molar-refractivity contribution in [3.63, 3.8) is 0 Å². The van der Waals surface area contributed by atoms with Gasteiger partial charge in [0.15, 0.2) is 5.60 Å². The summed E-state index contributed by atoms with van der Waals surface area (Å²) < 4.78 is 23.4. The number of carbonyl (C=O) groups is 1. The van der Waals surface area contributed by atoms with E-state index in [4.69, 9.17) is 23.6 Å². The second kappa shape index (κ2) is 12.7. The highest BCUT2D eigenvalue weighted by molar-refractivity contribution is 5.79. The summed E-state index contributed by atoms with van der Waals surface area (Å²) in [7, 11) is 0. The Kier molecular flexibility index (Phi) is 9.07. The van der Waals surface area contributed by atoms with Gasteiger partial charge in [0.1, 0.15) is 17.3 Å². The standard InChI is InChI=1S/C33H37NO5/c1-6-11-26-18-19-28(22-30(26)39-33(4,5)32(35)36-7-2)37-21-20-29-23(3)38-31(34-29)27-16-14-25(15-17-27)24-12-9-8-10-13-24/h8-10,12-19,22H,6-7,11,20-21H2,1-5H3. The first kappa shape index (κ1) is 28.0. The van der Waals surface area contributed by atoms with E-state index in [1.54, 1.807) is 20.8 Å². The lowest BCUT2D eigenvalue weighted by Crippen LogP contribution is -2.40. The average Bonchev–Trinajstić information content (AvgIpc) is 3.31. The predicted octanol–water partition coefficient (Wildman–Crippen LogP) is 7.61. The lowest BCUT2D eigenvalue weighted by Gasteiger charge is -2.26. The fourth-order valence-corrected chi connectivity index (χ4v) is 4.30. The van der Waals surface area contributed by atoms with Crippen molar-refractivity contribution < 1.29 is 23.4 Å². The molecule has 4 rings (SSSR count). The number of hydrogen-bond donors (Lipinski definition) is 0. The van der Waals surface area contributed by atoms with Crippen molar-refractivity contribution in [2.75, 3.05) is 13.2 Å². The minimum absolute atomic E-state index is 0.304. The van der Waals surface area contributed by atoms with E-state index in [0.29, 0.717) is 37.0 Å². The van der Waals surface area contributed by atoms with Gasteiger partial charge in [0.2, 0.25) is 5.89 Å². The van der Waals surface area contributed by atoms with Crippen LogP contribution in [0.2, 0.25) is 0 Å². The maximum absolute atomic E-state index is 12.4. The van der Waals surface area contributed by atoms with Gasteiger partial charge >= 0.3 is 5.97 Å². The average molecular weight is 528 g/mol. The van der Waals surface area contributed by atoms with Crippen molar-refractivity contribution in [3.05, 3.63) is 89.8 Å². The molecule has 0 N–H and O–H groups in total. The molecule has 0 radical (unpaired) electrons. The van der Waals surface area contributed by atoms with Gasteiger partial charge < -0.3 is 18.6 Å². The summed E-state index contributed by atoms with van der Waals surface area (Å²) in [6, 6.07) is 24.3. The summed E-state index contributed by atoms with van der Waals surface area (Å²) >= 11 is 0. The van der Waals surface area contributed by atoms with E-state index in [1.165, 1.54) is 5.56 Å². The molecule has 0 bridgehead atoms. The van der Waals surface area contributed by atoms with Crippen LogP contribution in [0.15, 0.2) is 77.2 Å². The Hall–Kier alpha value is -4.06. The molecule has 4 aromatic rings. The normalized spacial score (nSPS) is 11.3. The first-order valence-electron chi connectivity index (χ1n) is 13.5. The highest BCUT2D eigenvalue weighted by Gasteiger charge is 2.32. The molecule has 6 nitrogen and oxygen atoms in total. The van der Waals surface area contributed by atoms with Gasteiger partial charge in [0.05, 0.1) is 18.9 Å². The van der Waals surface area contributed by atoms with Crippen molar-refractivity contribution >= 4 is 5.97 Å². The van der Waals surface area contributed by atoms with Crippen LogP contribution in [0.3, 0.4) is 0 Å². The first-order chi connectivity index (χ1) is 18.8. The molecule has 0 saturated carbocycles. The molecule has 0 amide bonds. The molecule has 0 aliphatic heterocycles. The summed E-state index contributed by atoms with van der Waals surface area (Å²) in [6.07, 6.45) is 2.39. The molecule has 0 fully saturated rings. The Morgan fingerprint density at radius 3 is 2.28 bits per heavy atom. The number of rotatable bonds is 12. The second-order valence-corrected chi connectivity index (χ2v) is 9.92. The zero-order chi connectivity index (χ0) is 27.8. The SMILES string of the molecule is CCCc1ccc(OCCc2nc(-c3ccc(-c4ccccc4)cc3)oc2C)cc1OC(C)(C)C(=O)OCC. The molecule has 0 atom stereocenters. The minimum atomic E-state index is -1.11. The van der Waals surface area contributed by atoms with Gasteiger partial charge in [-0.15, -0.1) is 0 Å². The van der Waals surface area contributed by atoms with Gasteiger partial charge in [-0.2, -0.15) is 0 Å². The highest BCUT2D eigenvalue weighted by Crippen LogP contribution is 2.30. The Morgan fingerprint density at radius 1 is 0.897 bits per heavy atom. The van der Waals surface area contributed by atoms with Crippen molar-refractivity contribution in [2.24, 2.45) is 0 Å². The number of carbonyl (C=O) groups excluding carboxylic acids is 1. The van der Waals surface area contributed by atoms with Crippen LogP contribution in [0.5, 0.6) is 11.5 Å². The third kappa shape index (κ3) is 7.08. The van der Waals surface area contributed by atoms with E-state index >= 15 is 0 Å². The Balaban J connectivity index is 1.41. The molecule has 204 valence electrons. The molecule has 39 heavy (non-hydrogen) atoms. The van der Waals surface area contributed by atoms with Crippen molar-refractivity contribution in [1.29, 1.82) is 0 Å². The predicted molar refractivity (Wildman–Crippen MR) is 153 cm³/mol. The molecular weight excluding hydrogens is 490 g/mol. The fraction of sp³-hybridized carbons (Fsp3) is 0.333. The van der Waals surface area contributed by atoms with Crippen LogP contribution >= 0.6 is 0 Å². The number of ether oxygens (including phenoxy) is 3. The smallest absolute Gasteiger partial charge is 0.349 e. The number of esters is 1. The van der Waals surface area contributed by atoms with Crippen molar-refractivity contribution in [1.82, 2.24) is 4.98 Å². The molecule has 3 aromatic carbocycles. The zero-order valence-corrected chi connectivity index (χ0v) is 23.5. The molecule has 0 aliphatic rings. The zero-order valence-electron chi connectivity index (χ0n) is 23.5. The number of aromatic nitrogens is 1. The molecule has 0 spiro atoms. The molecule has 1 aromatic heterocycles. The summed E-state index contributed by atoms with van der Waals surface area (Å²) in [5, 5.41) is 0. The van der Waals surface area contributed by atoms with E-state index in [2.05, 4.69) is 31.2 Å². The van der Waals surface area contributed by atoms with E-state index in [0.717, 1.165) is 41.0 Å². The Morgan fingerprint density at radius 2 is 1.59 bits per heavy atom. The van der Waals surface area contributed by atoms with E-state index in [9.17, 15) is 4.79 Å². The molecule has 0 aliphatic carbocycles. The molecule has 0 saturated heterocycles. The fourth-order valence-electron chi connectivity index (χ4n) is 4.30. The number of oxazole rings is 1. The van der Waals surface area contributed by atoms with Crippen LogP contribution in [-0.2, 0) is 22.4 Å². The van der Waals surface area contributed by atoms with Gasteiger partial charge in [-0.3, -0.25) is 0 Å². The van der Waals surface area contributed by atoms with Gasteiger partial charge in [-0.25, -0.2) is 9.78 Å². The van der Waals surface area contributed by atoms with E-state index in [-0.39, 0.29) is 0 Å². The third-order valence-electron chi connectivity index (χ3n) is 6.43. The molecule has 0 unspecified atom stereocenters. The molecule has 6 heteroatoms. The van der Waals surface area contributed by atoms with Gasteiger partial charge in [-0.1, -0.05) is 61.9 Å². The topological polar surface area (TPSA) is 70.8 Å². The summed E-state index contributed by atoms with van der Waals surface area (Å²) in [4.78, 5) is 17.1. The Labute approximate surface area is 230 Å². The van der Waals surface area contributed by atoms with Crippen molar-refractivity contribution in [2.45, 2.75) is 59.5 Å². The van der Waals surface area contributed by atoms with Crippen LogP contribution in [0, 0.1) is 6.92 Å². The number of nitrogens with zero attached hydrogens (tertiary/aromatic N) is 1. The van der Waals surface area contributed by atoms with Crippen LogP contribution in [-0.4, -0.2) is 29.8 Å².